The van der Waals surface area contributed by atoms with E-state index in [4.69, 9.17) is 4.74 Å². The van der Waals surface area contributed by atoms with E-state index in [-0.39, 0.29) is 19.2 Å². The van der Waals surface area contributed by atoms with Gasteiger partial charge in [-0.05, 0) is 49.9 Å². The van der Waals surface area contributed by atoms with Gasteiger partial charge in [0.05, 0.1) is 12.7 Å². The van der Waals surface area contributed by atoms with Crippen LogP contribution in [0.2, 0.25) is 0 Å². The molecule has 0 saturated heterocycles. The van der Waals surface area contributed by atoms with Crippen LogP contribution < -0.4 is 4.74 Å². The monoisotopic (exact) mass is 379 g/mol. The summed E-state index contributed by atoms with van der Waals surface area (Å²) in [4.78, 5) is 13.3. The number of aliphatic hydroxyl groups is 1. The number of halogens is 2. The van der Waals surface area contributed by atoms with Crippen LogP contribution in [-0.2, 0) is 4.74 Å². The summed E-state index contributed by atoms with van der Waals surface area (Å²) in [6.45, 7) is 2.11. The van der Waals surface area contributed by atoms with Crippen LogP contribution in [-0.4, -0.2) is 49.4 Å². The van der Waals surface area contributed by atoms with E-state index >= 15 is 0 Å². The quantitative estimate of drug-likeness (QED) is 0.714. The molecule has 0 aliphatic heterocycles. The third-order valence-electron chi connectivity index (χ3n) is 4.28. The van der Waals surface area contributed by atoms with E-state index in [0.717, 1.165) is 12.1 Å². The zero-order valence-corrected chi connectivity index (χ0v) is 15.5. The van der Waals surface area contributed by atoms with E-state index < -0.39 is 23.7 Å². The number of carbonyl (C=O) groups excluding carboxylic acids is 1. The number of likely N-dealkylation sites (N-methyl/N-ethyl adjacent to an activating group) is 1. The highest BCUT2D eigenvalue weighted by Crippen LogP contribution is 2.21. The van der Waals surface area contributed by atoms with Crippen LogP contribution in [0, 0.1) is 11.6 Å². The summed E-state index contributed by atoms with van der Waals surface area (Å²) >= 11 is 0. The second-order valence-corrected chi connectivity index (χ2v) is 6.27. The van der Waals surface area contributed by atoms with Crippen LogP contribution in [0.5, 0.6) is 5.75 Å². The highest BCUT2D eigenvalue weighted by atomic mass is 19.2. The summed E-state index contributed by atoms with van der Waals surface area (Å²) in [5.41, 5.74) is 0.962. The highest BCUT2D eigenvalue weighted by Gasteiger charge is 2.17. The number of nitrogens with zero attached hydrogens (tertiary/aromatic N) is 1. The molecule has 0 aliphatic carbocycles. The molecule has 27 heavy (non-hydrogen) atoms. The fourth-order valence-electron chi connectivity index (χ4n) is 2.59. The van der Waals surface area contributed by atoms with E-state index in [1.165, 1.54) is 19.2 Å². The van der Waals surface area contributed by atoms with Crippen molar-refractivity contribution in [3.8, 4) is 5.75 Å². The van der Waals surface area contributed by atoms with E-state index in [0.29, 0.717) is 16.9 Å². The van der Waals surface area contributed by atoms with Crippen molar-refractivity contribution in [1.82, 2.24) is 4.90 Å². The number of aliphatic hydroxyl groups excluding tert-OH is 1. The lowest BCUT2D eigenvalue weighted by molar-refractivity contribution is 0.0597. The number of hydrogen-bond acceptors (Lipinski definition) is 5. The zero-order valence-electron chi connectivity index (χ0n) is 15.5. The van der Waals surface area contributed by atoms with Gasteiger partial charge in [0, 0.05) is 12.6 Å². The largest absolute Gasteiger partial charge is 0.491 e. The Morgan fingerprint density at radius 2 is 1.93 bits per heavy atom. The van der Waals surface area contributed by atoms with Gasteiger partial charge in [-0.15, -0.1) is 0 Å². The molecule has 5 nitrogen and oxygen atoms in total. The van der Waals surface area contributed by atoms with Gasteiger partial charge in [0.1, 0.15) is 18.5 Å². The molecule has 2 atom stereocenters. The molecule has 0 bridgehead atoms. The van der Waals surface area contributed by atoms with Gasteiger partial charge in [0.25, 0.3) is 0 Å². The summed E-state index contributed by atoms with van der Waals surface area (Å²) in [6.07, 6.45) is -0.815. The Bertz CT molecular complexity index is 784. The molecule has 0 radical (unpaired) electrons. The molecule has 0 heterocycles. The first-order valence-corrected chi connectivity index (χ1v) is 8.46. The fraction of sp³-hybridized carbons (Fsp3) is 0.350. The second-order valence-electron chi connectivity index (χ2n) is 6.27. The van der Waals surface area contributed by atoms with Gasteiger partial charge in [0.15, 0.2) is 11.6 Å². The molecular weight excluding hydrogens is 356 g/mol. The van der Waals surface area contributed by atoms with Gasteiger partial charge in [-0.1, -0.05) is 12.1 Å². The van der Waals surface area contributed by atoms with E-state index in [1.807, 2.05) is 11.8 Å². The molecule has 2 aromatic rings. The predicted molar refractivity (Wildman–Crippen MR) is 96.7 cm³/mol. The highest BCUT2D eigenvalue weighted by molar-refractivity contribution is 5.89. The Balaban J connectivity index is 1.90. The maximum absolute atomic E-state index is 13.4. The maximum atomic E-state index is 13.4. The first-order chi connectivity index (χ1) is 12.8. The number of benzene rings is 2. The molecule has 2 rings (SSSR count). The molecule has 0 amide bonds. The minimum atomic E-state index is -0.901. The first kappa shape index (κ1) is 20.8. The van der Waals surface area contributed by atoms with E-state index in [2.05, 4.69) is 4.74 Å². The first-order valence-electron chi connectivity index (χ1n) is 8.46. The minimum absolute atomic E-state index is 0.0134. The summed E-state index contributed by atoms with van der Waals surface area (Å²) in [6, 6.07) is 10.00. The van der Waals surface area contributed by atoms with Crippen molar-refractivity contribution in [2.24, 2.45) is 0 Å². The topological polar surface area (TPSA) is 59.0 Å². The van der Waals surface area contributed by atoms with Crippen molar-refractivity contribution < 1.29 is 28.2 Å². The van der Waals surface area contributed by atoms with Gasteiger partial charge in [-0.3, -0.25) is 4.90 Å². The van der Waals surface area contributed by atoms with Gasteiger partial charge in [-0.2, -0.15) is 0 Å². The predicted octanol–water partition coefficient (Wildman–Crippen LogP) is 3.18. The lowest BCUT2D eigenvalue weighted by Gasteiger charge is -2.27. The summed E-state index contributed by atoms with van der Waals surface area (Å²) < 4.78 is 36.6. The molecule has 0 aromatic heterocycles. The average Bonchev–Trinajstić information content (AvgIpc) is 2.67. The summed E-state index contributed by atoms with van der Waals surface area (Å²) in [5, 5.41) is 10.2. The van der Waals surface area contributed by atoms with Crippen LogP contribution in [0.15, 0.2) is 42.5 Å². The van der Waals surface area contributed by atoms with Gasteiger partial charge >= 0.3 is 5.97 Å². The van der Waals surface area contributed by atoms with Crippen molar-refractivity contribution in [3.63, 3.8) is 0 Å². The molecule has 0 unspecified atom stereocenters. The van der Waals surface area contributed by atoms with Crippen molar-refractivity contribution in [3.05, 3.63) is 65.2 Å². The Morgan fingerprint density at radius 3 is 2.59 bits per heavy atom. The molecule has 0 fully saturated rings. The molecule has 7 heteroatoms. The number of esters is 1. The average molecular weight is 379 g/mol. The number of rotatable bonds is 8. The lowest BCUT2D eigenvalue weighted by atomic mass is 10.1. The lowest BCUT2D eigenvalue weighted by Crippen LogP contribution is -2.34. The van der Waals surface area contributed by atoms with Crippen LogP contribution in [0.4, 0.5) is 8.78 Å². The van der Waals surface area contributed by atoms with Crippen molar-refractivity contribution in [2.45, 2.75) is 19.1 Å². The number of ether oxygens (including phenoxy) is 2. The molecular formula is C20H23F2NO4. The minimum Gasteiger partial charge on any atom is -0.491 e. The third-order valence-corrected chi connectivity index (χ3v) is 4.28. The molecule has 2 aromatic carbocycles. The van der Waals surface area contributed by atoms with Gasteiger partial charge < -0.3 is 14.6 Å². The molecule has 0 aliphatic rings. The van der Waals surface area contributed by atoms with Gasteiger partial charge in [0.2, 0.25) is 0 Å². The van der Waals surface area contributed by atoms with Crippen LogP contribution in [0.3, 0.4) is 0 Å². The summed E-state index contributed by atoms with van der Waals surface area (Å²) in [5.74, 6) is -1.83. The number of hydrogen-bond donors (Lipinski definition) is 1. The zero-order chi connectivity index (χ0) is 20.0. The molecule has 146 valence electrons. The van der Waals surface area contributed by atoms with Crippen LogP contribution in [0.25, 0.3) is 0 Å². The Morgan fingerprint density at radius 1 is 1.19 bits per heavy atom. The third kappa shape index (κ3) is 5.74. The number of methoxy groups -OCH3 is 1. The van der Waals surface area contributed by atoms with E-state index in [9.17, 15) is 18.7 Å². The summed E-state index contributed by atoms with van der Waals surface area (Å²) in [7, 11) is 3.07. The second kappa shape index (κ2) is 9.43. The fourth-order valence-corrected chi connectivity index (χ4v) is 2.59. The Labute approximate surface area is 157 Å². The van der Waals surface area contributed by atoms with Crippen molar-refractivity contribution in [2.75, 3.05) is 27.3 Å². The number of carbonyl (C=O) groups is 1. The van der Waals surface area contributed by atoms with Crippen molar-refractivity contribution >= 4 is 5.97 Å². The molecule has 0 spiro atoms. The standard InChI is InChI=1S/C20H23F2NO4/c1-13(14-7-8-18(21)19(22)10-14)23(2)11-16(24)12-27-17-6-4-5-15(9-17)20(25)26-3/h4-10,13,16,24H,11-12H2,1-3H3/t13-,16+/m1/s1. The normalized spacial score (nSPS) is 13.3. The SMILES string of the molecule is COC(=O)c1cccc(OC[C@@H](O)CN(C)[C@H](C)c2ccc(F)c(F)c2)c1. The van der Waals surface area contributed by atoms with Crippen molar-refractivity contribution in [1.29, 1.82) is 0 Å². The Hall–Kier alpha value is -2.51. The molecule has 1 N–H and O–H groups in total. The van der Waals surface area contributed by atoms with Crippen LogP contribution >= 0.6 is 0 Å². The van der Waals surface area contributed by atoms with Crippen LogP contribution in [0.1, 0.15) is 28.9 Å². The Kier molecular flexibility index (Phi) is 7.27. The molecule has 0 saturated carbocycles. The van der Waals surface area contributed by atoms with Gasteiger partial charge in [-0.25, -0.2) is 13.6 Å². The van der Waals surface area contributed by atoms with E-state index in [1.54, 1.807) is 25.2 Å². The smallest absolute Gasteiger partial charge is 0.337 e. The maximum Gasteiger partial charge on any atom is 0.337 e.